The first kappa shape index (κ1) is 27.1. The van der Waals surface area contributed by atoms with Crippen molar-refractivity contribution < 1.29 is 27.1 Å². The molecular formula is C28H27ClF4N2O2. The van der Waals surface area contributed by atoms with Gasteiger partial charge in [-0.25, -0.2) is 4.39 Å². The van der Waals surface area contributed by atoms with Crippen molar-refractivity contribution in [3.05, 3.63) is 106 Å². The molecule has 9 heteroatoms. The van der Waals surface area contributed by atoms with Crippen molar-refractivity contribution in [1.82, 2.24) is 9.80 Å². The summed E-state index contributed by atoms with van der Waals surface area (Å²) in [5.74, 6) is -0.334. The maximum atomic E-state index is 13.1. The maximum Gasteiger partial charge on any atom is 0.416 e. The number of benzene rings is 3. The van der Waals surface area contributed by atoms with Crippen molar-refractivity contribution in [2.24, 2.45) is 0 Å². The summed E-state index contributed by atoms with van der Waals surface area (Å²) in [7, 11) is 0. The van der Waals surface area contributed by atoms with Gasteiger partial charge in [0.15, 0.2) is 0 Å². The van der Waals surface area contributed by atoms with Gasteiger partial charge in [-0.3, -0.25) is 9.69 Å². The summed E-state index contributed by atoms with van der Waals surface area (Å²) in [5.41, 5.74) is 1.62. The molecule has 1 amide bonds. The second-order valence-electron chi connectivity index (χ2n) is 9.03. The van der Waals surface area contributed by atoms with Gasteiger partial charge in [0.2, 0.25) is 5.91 Å². The Labute approximate surface area is 218 Å². The predicted molar refractivity (Wildman–Crippen MR) is 134 cm³/mol. The lowest BCUT2D eigenvalue weighted by Gasteiger charge is -2.36. The Balaban J connectivity index is 1.35. The predicted octanol–water partition coefficient (Wildman–Crippen LogP) is 6.14. The Hall–Kier alpha value is -2.94. The molecule has 3 aromatic rings. The Morgan fingerprint density at radius 2 is 1.46 bits per heavy atom. The summed E-state index contributed by atoms with van der Waals surface area (Å²) in [6.45, 7) is 3.15. The topological polar surface area (TPSA) is 32.8 Å². The van der Waals surface area contributed by atoms with Crippen molar-refractivity contribution in [1.29, 1.82) is 0 Å². The van der Waals surface area contributed by atoms with Gasteiger partial charge >= 0.3 is 6.18 Å². The molecule has 3 aromatic carbocycles. The Morgan fingerprint density at radius 3 is 2.05 bits per heavy atom. The lowest BCUT2D eigenvalue weighted by molar-refractivity contribution is -0.137. The molecule has 0 unspecified atom stereocenters. The van der Waals surface area contributed by atoms with Gasteiger partial charge in [-0.15, -0.1) is 0 Å². The van der Waals surface area contributed by atoms with Crippen LogP contribution < -0.4 is 0 Å². The molecule has 0 bridgehead atoms. The summed E-state index contributed by atoms with van der Waals surface area (Å²) < 4.78 is 57.9. The number of rotatable bonds is 8. The first-order chi connectivity index (χ1) is 17.7. The summed E-state index contributed by atoms with van der Waals surface area (Å²) in [6, 6.07) is 18.2. The summed E-state index contributed by atoms with van der Waals surface area (Å²) in [5, 5.41) is 0.596. The van der Waals surface area contributed by atoms with Crippen LogP contribution in [0.5, 0.6) is 0 Å². The minimum Gasteiger partial charge on any atom is -0.368 e. The van der Waals surface area contributed by atoms with Crippen molar-refractivity contribution in [3.8, 4) is 0 Å². The fourth-order valence-electron chi connectivity index (χ4n) is 4.22. The van der Waals surface area contributed by atoms with Gasteiger partial charge < -0.3 is 9.64 Å². The number of carbonyl (C=O) groups excluding carboxylic acids is 1. The van der Waals surface area contributed by atoms with E-state index in [2.05, 4.69) is 4.90 Å². The molecule has 0 saturated carbocycles. The highest BCUT2D eigenvalue weighted by Crippen LogP contribution is 2.30. The lowest BCUT2D eigenvalue weighted by Crippen LogP contribution is -2.50. The van der Waals surface area contributed by atoms with Gasteiger partial charge in [-0.05, 0) is 53.1 Å². The quantitative estimate of drug-likeness (QED) is 0.325. The van der Waals surface area contributed by atoms with E-state index in [0.717, 1.165) is 23.3 Å². The Morgan fingerprint density at radius 1 is 0.865 bits per heavy atom. The molecule has 1 aliphatic heterocycles. The van der Waals surface area contributed by atoms with Crippen molar-refractivity contribution >= 4 is 17.5 Å². The van der Waals surface area contributed by atoms with Gasteiger partial charge in [0.05, 0.1) is 24.7 Å². The number of carbonyl (C=O) groups is 1. The average Bonchev–Trinajstić information content (AvgIpc) is 2.88. The summed E-state index contributed by atoms with van der Waals surface area (Å²) in [6.07, 6.45) is -4.49. The molecule has 0 N–H and O–H groups in total. The van der Waals surface area contributed by atoms with Gasteiger partial charge in [0.1, 0.15) is 5.82 Å². The van der Waals surface area contributed by atoms with E-state index in [1.165, 1.54) is 24.3 Å². The van der Waals surface area contributed by atoms with Crippen LogP contribution in [0.2, 0.25) is 5.02 Å². The van der Waals surface area contributed by atoms with E-state index in [1.54, 1.807) is 29.2 Å². The van der Waals surface area contributed by atoms with Crippen LogP contribution in [0.3, 0.4) is 0 Å². The van der Waals surface area contributed by atoms with Gasteiger partial charge in [0.25, 0.3) is 0 Å². The molecule has 196 valence electrons. The van der Waals surface area contributed by atoms with Crippen LogP contribution in [-0.2, 0) is 28.7 Å². The highest BCUT2D eigenvalue weighted by Gasteiger charge is 2.30. The summed E-state index contributed by atoms with van der Waals surface area (Å²) in [4.78, 5) is 16.7. The van der Waals surface area contributed by atoms with Crippen molar-refractivity contribution in [3.63, 3.8) is 0 Å². The molecule has 37 heavy (non-hydrogen) atoms. The number of hydrogen-bond donors (Lipinski definition) is 0. The maximum absolute atomic E-state index is 13.1. The van der Waals surface area contributed by atoms with Crippen LogP contribution in [0.1, 0.15) is 28.4 Å². The fraction of sp³-hybridized carbons (Fsp3) is 0.321. The van der Waals surface area contributed by atoms with Gasteiger partial charge in [0, 0.05) is 37.7 Å². The number of halogens is 5. The molecule has 1 atom stereocenters. The molecule has 0 radical (unpaired) electrons. The third-order valence-electron chi connectivity index (χ3n) is 6.39. The molecule has 1 saturated heterocycles. The number of piperazine rings is 1. The van der Waals surface area contributed by atoms with Crippen LogP contribution in [0.15, 0.2) is 72.8 Å². The minimum absolute atomic E-state index is 0.000867. The molecule has 1 aliphatic rings. The standard InChI is InChI=1S/C28H27ClF4N2O2/c29-24-9-5-22(6-10-24)26(37-19-21-1-7-23(8-2-21)28(31,32)33)18-34-13-15-35(16-14-34)27(36)17-20-3-11-25(30)12-4-20/h1-12,26H,13-19H2/t26-/m0/s1. The van der Waals surface area contributed by atoms with E-state index >= 15 is 0 Å². The highest BCUT2D eigenvalue weighted by molar-refractivity contribution is 6.30. The van der Waals surface area contributed by atoms with Crippen LogP contribution >= 0.6 is 11.6 Å². The first-order valence-electron chi connectivity index (χ1n) is 11.9. The molecule has 1 fully saturated rings. The van der Waals surface area contributed by atoms with E-state index < -0.39 is 11.7 Å². The van der Waals surface area contributed by atoms with Gasteiger partial charge in [-0.2, -0.15) is 13.2 Å². The van der Waals surface area contributed by atoms with Crippen LogP contribution in [-0.4, -0.2) is 48.4 Å². The zero-order chi connectivity index (χ0) is 26.4. The van der Waals surface area contributed by atoms with E-state index in [0.29, 0.717) is 43.3 Å². The number of hydrogen-bond acceptors (Lipinski definition) is 3. The number of ether oxygens (including phenoxy) is 1. The zero-order valence-corrected chi connectivity index (χ0v) is 20.8. The van der Waals surface area contributed by atoms with Crippen LogP contribution in [0.4, 0.5) is 17.6 Å². The van der Waals surface area contributed by atoms with E-state index in [9.17, 15) is 22.4 Å². The molecule has 0 aromatic heterocycles. The van der Waals surface area contributed by atoms with Crippen molar-refractivity contribution in [2.45, 2.75) is 25.3 Å². The van der Waals surface area contributed by atoms with Crippen LogP contribution in [0.25, 0.3) is 0 Å². The number of nitrogens with zero attached hydrogens (tertiary/aromatic N) is 2. The monoisotopic (exact) mass is 534 g/mol. The van der Waals surface area contributed by atoms with E-state index in [-0.39, 0.29) is 30.9 Å². The average molecular weight is 535 g/mol. The summed E-state index contributed by atoms with van der Waals surface area (Å²) >= 11 is 6.05. The third kappa shape index (κ3) is 7.77. The largest absolute Gasteiger partial charge is 0.416 e. The Kier molecular flexibility index (Phi) is 8.84. The highest BCUT2D eigenvalue weighted by atomic mass is 35.5. The zero-order valence-electron chi connectivity index (χ0n) is 20.1. The Bertz CT molecular complexity index is 1160. The van der Waals surface area contributed by atoms with Crippen LogP contribution in [0, 0.1) is 5.82 Å². The second kappa shape index (κ2) is 12.1. The fourth-order valence-corrected chi connectivity index (χ4v) is 4.35. The van der Waals surface area contributed by atoms with E-state index in [4.69, 9.17) is 16.3 Å². The van der Waals surface area contributed by atoms with Crippen molar-refractivity contribution in [2.75, 3.05) is 32.7 Å². The van der Waals surface area contributed by atoms with E-state index in [1.807, 2.05) is 12.1 Å². The smallest absolute Gasteiger partial charge is 0.368 e. The lowest BCUT2D eigenvalue weighted by atomic mass is 10.1. The molecular weight excluding hydrogens is 508 g/mol. The molecule has 0 aliphatic carbocycles. The minimum atomic E-state index is -4.38. The number of amides is 1. The van der Waals surface area contributed by atoms with Gasteiger partial charge in [-0.1, -0.05) is 48.0 Å². The number of alkyl halides is 3. The second-order valence-corrected chi connectivity index (χ2v) is 9.47. The molecule has 1 heterocycles. The normalized spacial score (nSPS) is 15.5. The SMILES string of the molecule is O=C(Cc1ccc(F)cc1)N1CCN(C[C@H](OCc2ccc(C(F)(F)F)cc2)c2ccc(Cl)cc2)CC1. The first-order valence-corrected chi connectivity index (χ1v) is 12.3. The third-order valence-corrected chi connectivity index (χ3v) is 6.64. The molecule has 0 spiro atoms. The molecule has 4 nitrogen and oxygen atoms in total. The molecule has 4 rings (SSSR count).